The van der Waals surface area contributed by atoms with Crippen LogP contribution in [0.15, 0.2) is 42.5 Å². The average Bonchev–Trinajstić information content (AvgIpc) is 2.33. The highest BCUT2D eigenvalue weighted by molar-refractivity contribution is 5.63. The number of rotatable bonds is 3. The molecule has 92 valence electrons. The Balaban J connectivity index is 2.39. The van der Waals surface area contributed by atoms with Crippen molar-refractivity contribution in [2.24, 2.45) is 0 Å². The van der Waals surface area contributed by atoms with Crippen molar-refractivity contribution < 1.29 is 13.7 Å². The number of halogens is 2. The average molecular weight is 250 g/mol. The molecule has 0 aliphatic carbocycles. The summed E-state index contributed by atoms with van der Waals surface area (Å²) in [5.74, 6) is -2.09. The van der Waals surface area contributed by atoms with Gasteiger partial charge in [0.15, 0.2) is 0 Å². The van der Waals surface area contributed by atoms with Crippen molar-refractivity contribution >= 4 is 17.1 Å². The normalized spacial score (nSPS) is 10.1. The molecule has 0 saturated carbocycles. The Labute approximate surface area is 101 Å². The number of hydrogen-bond acceptors (Lipinski definition) is 3. The molecule has 0 aromatic heterocycles. The molecule has 0 heterocycles. The van der Waals surface area contributed by atoms with Gasteiger partial charge in [-0.05, 0) is 12.1 Å². The molecule has 4 nitrogen and oxygen atoms in total. The lowest BCUT2D eigenvalue weighted by Crippen LogP contribution is -1.99. The number of nitro benzene ring substituents is 1. The van der Waals surface area contributed by atoms with Crippen molar-refractivity contribution in [1.29, 1.82) is 0 Å². The maximum Gasteiger partial charge on any atom is 0.307 e. The predicted molar refractivity (Wildman–Crippen MR) is 62.7 cm³/mol. The SMILES string of the molecule is O=[N+]([O-])c1cc(Nc2ccccc2)c(F)cc1F. The van der Waals surface area contributed by atoms with Crippen LogP contribution in [0.3, 0.4) is 0 Å². The quantitative estimate of drug-likeness (QED) is 0.668. The minimum absolute atomic E-state index is 0.144. The number of nitrogens with one attached hydrogen (secondary N) is 1. The highest BCUT2D eigenvalue weighted by Gasteiger charge is 2.18. The highest BCUT2D eigenvalue weighted by Crippen LogP contribution is 2.27. The van der Waals surface area contributed by atoms with Gasteiger partial charge in [-0.1, -0.05) is 18.2 Å². The zero-order valence-electron chi connectivity index (χ0n) is 9.06. The van der Waals surface area contributed by atoms with Crippen molar-refractivity contribution in [3.63, 3.8) is 0 Å². The van der Waals surface area contributed by atoms with Crippen LogP contribution in [-0.4, -0.2) is 4.92 Å². The monoisotopic (exact) mass is 250 g/mol. The Kier molecular flexibility index (Phi) is 3.18. The number of benzene rings is 2. The summed E-state index contributed by atoms with van der Waals surface area (Å²) in [6.45, 7) is 0. The summed E-state index contributed by atoms with van der Waals surface area (Å²) in [4.78, 5) is 9.66. The van der Waals surface area contributed by atoms with E-state index in [4.69, 9.17) is 0 Å². The second-order valence-corrected chi connectivity index (χ2v) is 3.53. The van der Waals surface area contributed by atoms with Gasteiger partial charge in [0, 0.05) is 17.8 Å². The number of anilines is 2. The van der Waals surface area contributed by atoms with E-state index in [1.807, 2.05) is 0 Å². The fourth-order valence-corrected chi connectivity index (χ4v) is 1.45. The van der Waals surface area contributed by atoms with Gasteiger partial charge >= 0.3 is 5.69 Å². The van der Waals surface area contributed by atoms with E-state index in [1.54, 1.807) is 30.3 Å². The predicted octanol–water partition coefficient (Wildman–Crippen LogP) is 3.62. The molecule has 0 spiro atoms. The molecule has 0 bridgehead atoms. The van der Waals surface area contributed by atoms with Gasteiger partial charge in [-0.15, -0.1) is 0 Å². The van der Waals surface area contributed by atoms with Crippen LogP contribution in [0, 0.1) is 21.7 Å². The molecular weight excluding hydrogens is 242 g/mol. The highest BCUT2D eigenvalue weighted by atomic mass is 19.1. The summed E-state index contributed by atoms with van der Waals surface area (Å²) < 4.78 is 26.6. The van der Waals surface area contributed by atoms with Gasteiger partial charge in [0.25, 0.3) is 0 Å². The number of nitro groups is 1. The van der Waals surface area contributed by atoms with Crippen molar-refractivity contribution in [1.82, 2.24) is 0 Å². The third kappa shape index (κ3) is 2.42. The second-order valence-electron chi connectivity index (χ2n) is 3.53. The van der Waals surface area contributed by atoms with Gasteiger partial charge in [0.1, 0.15) is 5.82 Å². The number of para-hydroxylation sites is 1. The van der Waals surface area contributed by atoms with E-state index in [9.17, 15) is 18.9 Å². The van der Waals surface area contributed by atoms with E-state index in [1.165, 1.54) is 0 Å². The molecule has 0 radical (unpaired) electrons. The smallest absolute Gasteiger partial charge is 0.307 e. The van der Waals surface area contributed by atoms with E-state index in [2.05, 4.69) is 5.32 Å². The lowest BCUT2D eigenvalue weighted by atomic mass is 10.2. The number of nitrogens with zero attached hydrogens (tertiary/aromatic N) is 1. The Bertz CT molecular complexity index is 588. The largest absolute Gasteiger partial charge is 0.353 e. The van der Waals surface area contributed by atoms with E-state index in [0.717, 1.165) is 6.07 Å². The summed E-state index contributed by atoms with van der Waals surface area (Å²) >= 11 is 0. The molecule has 0 amide bonds. The third-order valence-electron chi connectivity index (χ3n) is 2.29. The van der Waals surface area contributed by atoms with Crippen molar-refractivity contribution in [3.05, 3.63) is 64.2 Å². The van der Waals surface area contributed by atoms with Crippen LogP contribution < -0.4 is 5.32 Å². The molecule has 0 aliphatic heterocycles. The fourth-order valence-electron chi connectivity index (χ4n) is 1.45. The van der Waals surface area contributed by atoms with Gasteiger partial charge in [0.05, 0.1) is 10.6 Å². The van der Waals surface area contributed by atoms with E-state index in [-0.39, 0.29) is 5.69 Å². The zero-order valence-corrected chi connectivity index (χ0v) is 9.06. The Hall–Kier alpha value is -2.50. The van der Waals surface area contributed by atoms with E-state index in [0.29, 0.717) is 11.8 Å². The van der Waals surface area contributed by atoms with Gasteiger partial charge in [-0.3, -0.25) is 10.1 Å². The lowest BCUT2D eigenvalue weighted by molar-refractivity contribution is -0.387. The van der Waals surface area contributed by atoms with Crippen LogP contribution in [0.4, 0.5) is 25.8 Å². The van der Waals surface area contributed by atoms with Crippen LogP contribution in [0.25, 0.3) is 0 Å². The summed E-state index contributed by atoms with van der Waals surface area (Å²) in [7, 11) is 0. The summed E-state index contributed by atoms with van der Waals surface area (Å²) in [5.41, 5.74) is -0.360. The minimum Gasteiger partial charge on any atom is -0.353 e. The summed E-state index contributed by atoms with van der Waals surface area (Å²) in [5, 5.41) is 13.2. The maximum atomic E-state index is 13.5. The van der Waals surface area contributed by atoms with Crippen LogP contribution >= 0.6 is 0 Å². The molecule has 2 rings (SSSR count). The Morgan fingerprint density at radius 3 is 2.33 bits per heavy atom. The van der Waals surface area contributed by atoms with Crippen LogP contribution in [0.1, 0.15) is 0 Å². The first-order valence-corrected chi connectivity index (χ1v) is 5.03. The minimum atomic E-state index is -1.20. The van der Waals surface area contributed by atoms with Crippen molar-refractivity contribution in [2.75, 3.05) is 5.32 Å². The molecule has 0 unspecified atom stereocenters. The molecule has 18 heavy (non-hydrogen) atoms. The van der Waals surface area contributed by atoms with Crippen LogP contribution in [0.2, 0.25) is 0 Å². The molecule has 0 fully saturated rings. The molecule has 6 heteroatoms. The van der Waals surface area contributed by atoms with Crippen molar-refractivity contribution in [3.8, 4) is 0 Å². The fraction of sp³-hybridized carbons (Fsp3) is 0. The molecule has 0 atom stereocenters. The van der Waals surface area contributed by atoms with Crippen LogP contribution in [-0.2, 0) is 0 Å². The van der Waals surface area contributed by atoms with Gasteiger partial charge in [-0.25, -0.2) is 4.39 Å². The lowest BCUT2D eigenvalue weighted by Gasteiger charge is -2.07. The molecule has 2 aromatic carbocycles. The molecule has 0 aliphatic rings. The second kappa shape index (κ2) is 4.79. The summed E-state index contributed by atoms with van der Waals surface area (Å²) in [6.07, 6.45) is 0. The first kappa shape index (κ1) is 12.0. The topological polar surface area (TPSA) is 55.2 Å². The summed E-state index contributed by atoms with van der Waals surface area (Å²) in [6, 6.07) is 9.86. The van der Waals surface area contributed by atoms with Gasteiger partial charge in [-0.2, -0.15) is 4.39 Å². The maximum absolute atomic E-state index is 13.5. The molecule has 2 aromatic rings. The van der Waals surface area contributed by atoms with Crippen molar-refractivity contribution in [2.45, 2.75) is 0 Å². The van der Waals surface area contributed by atoms with E-state index < -0.39 is 22.2 Å². The van der Waals surface area contributed by atoms with Gasteiger partial charge in [0.2, 0.25) is 5.82 Å². The molecule has 1 N–H and O–H groups in total. The Morgan fingerprint density at radius 2 is 1.72 bits per heavy atom. The molecular formula is C12H8F2N2O2. The number of hydrogen-bond donors (Lipinski definition) is 1. The van der Waals surface area contributed by atoms with E-state index >= 15 is 0 Å². The zero-order chi connectivity index (χ0) is 13.1. The Morgan fingerprint density at radius 1 is 1.06 bits per heavy atom. The first-order chi connectivity index (χ1) is 8.58. The first-order valence-electron chi connectivity index (χ1n) is 5.03. The third-order valence-corrected chi connectivity index (χ3v) is 2.29. The van der Waals surface area contributed by atoms with Crippen LogP contribution in [0.5, 0.6) is 0 Å². The molecule has 0 saturated heterocycles. The van der Waals surface area contributed by atoms with Gasteiger partial charge < -0.3 is 5.32 Å². The standard InChI is InChI=1S/C12H8F2N2O2/c13-9-6-10(14)12(16(17)18)7-11(9)15-8-4-2-1-3-5-8/h1-7,15H.